The van der Waals surface area contributed by atoms with E-state index in [-0.39, 0.29) is 0 Å². The summed E-state index contributed by atoms with van der Waals surface area (Å²) >= 11 is 0. The topological polar surface area (TPSA) is 69.9 Å². The SMILES string of the molecule is Nc1ccc(-n2ccnc2)cc1N. The molecule has 4 nitrogen and oxygen atoms in total. The molecule has 66 valence electrons. The summed E-state index contributed by atoms with van der Waals surface area (Å²) in [6.07, 6.45) is 5.28. The van der Waals surface area contributed by atoms with Crippen LogP contribution in [0.3, 0.4) is 0 Å². The van der Waals surface area contributed by atoms with E-state index in [1.807, 2.05) is 22.9 Å². The number of anilines is 2. The van der Waals surface area contributed by atoms with Crippen molar-refractivity contribution in [1.29, 1.82) is 0 Å². The van der Waals surface area contributed by atoms with Gasteiger partial charge in [0.2, 0.25) is 0 Å². The van der Waals surface area contributed by atoms with Gasteiger partial charge in [0, 0.05) is 18.1 Å². The fourth-order valence-corrected chi connectivity index (χ4v) is 1.13. The average Bonchev–Trinajstić information content (AvgIpc) is 2.62. The molecule has 0 aliphatic heterocycles. The zero-order valence-electron chi connectivity index (χ0n) is 7.01. The zero-order valence-corrected chi connectivity index (χ0v) is 7.01. The number of nitrogens with zero attached hydrogens (tertiary/aromatic N) is 2. The van der Waals surface area contributed by atoms with Crippen molar-refractivity contribution in [3.8, 4) is 5.69 Å². The van der Waals surface area contributed by atoms with Crippen LogP contribution < -0.4 is 11.5 Å². The van der Waals surface area contributed by atoms with Crippen LogP contribution in [0.2, 0.25) is 0 Å². The Hall–Kier alpha value is -1.97. The maximum absolute atomic E-state index is 5.67. The Morgan fingerprint density at radius 3 is 2.62 bits per heavy atom. The highest BCUT2D eigenvalue weighted by atomic mass is 15.0. The molecule has 13 heavy (non-hydrogen) atoms. The zero-order chi connectivity index (χ0) is 9.26. The van der Waals surface area contributed by atoms with Gasteiger partial charge in [-0.05, 0) is 18.2 Å². The molecule has 0 bridgehead atoms. The van der Waals surface area contributed by atoms with Crippen molar-refractivity contribution in [2.24, 2.45) is 0 Å². The van der Waals surface area contributed by atoms with Crippen LogP contribution in [0.4, 0.5) is 11.4 Å². The maximum atomic E-state index is 5.67. The minimum atomic E-state index is 0.589. The molecule has 0 unspecified atom stereocenters. The molecule has 0 saturated carbocycles. The van der Waals surface area contributed by atoms with Crippen LogP contribution in [-0.2, 0) is 0 Å². The van der Waals surface area contributed by atoms with Gasteiger partial charge in [-0.15, -0.1) is 0 Å². The molecule has 0 aliphatic carbocycles. The number of rotatable bonds is 1. The van der Waals surface area contributed by atoms with E-state index in [1.165, 1.54) is 0 Å². The van der Waals surface area contributed by atoms with Crippen molar-refractivity contribution in [1.82, 2.24) is 9.55 Å². The number of imidazole rings is 1. The molecule has 0 radical (unpaired) electrons. The van der Waals surface area contributed by atoms with Gasteiger partial charge in [-0.1, -0.05) is 0 Å². The van der Waals surface area contributed by atoms with Gasteiger partial charge in [-0.25, -0.2) is 4.98 Å². The van der Waals surface area contributed by atoms with E-state index < -0.39 is 0 Å². The third kappa shape index (κ3) is 1.33. The first-order chi connectivity index (χ1) is 6.27. The van der Waals surface area contributed by atoms with Gasteiger partial charge in [-0.3, -0.25) is 0 Å². The lowest BCUT2D eigenvalue weighted by atomic mass is 10.2. The van der Waals surface area contributed by atoms with Crippen LogP contribution in [0, 0.1) is 0 Å². The molecule has 0 aliphatic rings. The second-order valence-corrected chi connectivity index (χ2v) is 2.78. The molecular formula is C9H10N4. The van der Waals surface area contributed by atoms with Gasteiger partial charge in [0.15, 0.2) is 0 Å². The summed E-state index contributed by atoms with van der Waals surface area (Å²) in [7, 11) is 0. The van der Waals surface area contributed by atoms with Crippen molar-refractivity contribution in [2.45, 2.75) is 0 Å². The van der Waals surface area contributed by atoms with Crippen molar-refractivity contribution >= 4 is 11.4 Å². The molecule has 0 amide bonds. The van der Waals surface area contributed by atoms with Gasteiger partial charge in [0.1, 0.15) is 0 Å². The van der Waals surface area contributed by atoms with Gasteiger partial charge in [0.05, 0.1) is 17.7 Å². The van der Waals surface area contributed by atoms with E-state index >= 15 is 0 Å². The Balaban J connectivity index is 2.49. The monoisotopic (exact) mass is 174 g/mol. The summed E-state index contributed by atoms with van der Waals surface area (Å²) in [4.78, 5) is 3.94. The van der Waals surface area contributed by atoms with Crippen molar-refractivity contribution < 1.29 is 0 Å². The van der Waals surface area contributed by atoms with Gasteiger partial charge >= 0.3 is 0 Å². The summed E-state index contributed by atoms with van der Waals surface area (Å²) in [6.45, 7) is 0. The Labute approximate surface area is 75.8 Å². The summed E-state index contributed by atoms with van der Waals surface area (Å²) in [5.41, 5.74) is 13.4. The molecule has 0 spiro atoms. The minimum Gasteiger partial charge on any atom is -0.397 e. The molecule has 1 aromatic carbocycles. The second-order valence-electron chi connectivity index (χ2n) is 2.78. The Morgan fingerprint density at radius 1 is 1.15 bits per heavy atom. The highest BCUT2D eigenvalue weighted by Crippen LogP contribution is 2.18. The van der Waals surface area contributed by atoms with Crippen molar-refractivity contribution in [2.75, 3.05) is 11.5 Å². The van der Waals surface area contributed by atoms with Crippen molar-refractivity contribution in [3.05, 3.63) is 36.9 Å². The predicted molar refractivity (Wildman–Crippen MR) is 52.4 cm³/mol. The Bertz CT molecular complexity index is 406. The van der Waals surface area contributed by atoms with Gasteiger partial charge in [-0.2, -0.15) is 0 Å². The molecule has 4 N–H and O–H groups in total. The number of nitrogen functional groups attached to an aromatic ring is 2. The lowest BCUT2D eigenvalue weighted by molar-refractivity contribution is 1.06. The lowest BCUT2D eigenvalue weighted by Crippen LogP contribution is -1.97. The standard InChI is InChI=1S/C9H10N4/c10-8-2-1-7(5-9(8)11)13-4-3-12-6-13/h1-6H,10-11H2. The summed E-state index contributed by atoms with van der Waals surface area (Å²) in [5.74, 6) is 0. The fraction of sp³-hybridized carbons (Fsp3) is 0. The molecule has 0 fully saturated rings. The Morgan fingerprint density at radius 2 is 2.00 bits per heavy atom. The summed E-state index contributed by atoms with van der Waals surface area (Å²) < 4.78 is 1.87. The number of benzene rings is 1. The number of hydrogen-bond donors (Lipinski definition) is 2. The molecule has 1 aromatic heterocycles. The highest BCUT2D eigenvalue weighted by Gasteiger charge is 1.98. The first-order valence-corrected chi connectivity index (χ1v) is 3.91. The number of hydrogen-bond acceptors (Lipinski definition) is 3. The molecule has 1 heterocycles. The fourth-order valence-electron chi connectivity index (χ4n) is 1.13. The largest absolute Gasteiger partial charge is 0.397 e. The van der Waals surface area contributed by atoms with E-state index in [4.69, 9.17) is 11.5 Å². The number of nitrogens with two attached hydrogens (primary N) is 2. The smallest absolute Gasteiger partial charge is 0.0991 e. The van der Waals surface area contributed by atoms with E-state index in [0.717, 1.165) is 5.69 Å². The molecule has 4 heteroatoms. The van der Waals surface area contributed by atoms with E-state index in [2.05, 4.69) is 4.98 Å². The number of aromatic nitrogens is 2. The van der Waals surface area contributed by atoms with E-state index in [0.29, 0.717) is 11.4 Å². The summed E-state index contributed by atoms with van der Waals surface area (Å²) in [6, 6.07) is 5.50. The molecular weight excluding hydrogens is 164 g/mol. The average molecular weight is 174 g/mol. The quantitative estimate of drug-likeness (QED) is 0.634. The minimum absolute atomic E-state index is 0.589. The van der Waals surface area contributed by atoms with E-state index in [1.54, 1.807) is 18.6 Å². The summed E-state index contributed by atoms with van der Waals surface area (Å²) in [5, 5.41) is 0. The van der Waals surface area contributed by atoms with Crippen LogP contribution in [0.15, 0.2) is 36.9 Å². The van der Waals surface area contributed by atoms with Crippen LogP contribution >= 0.6 is 0 Å². The predicted octanol–water partition coefficient (Wildman–Crippen LogP) is 1.04. The normalized spacial score (nSPS) is 10.2. The van der Waals surface area contributed by atoms with Gasteiger partial charge < -0.3 is 16.0 Å². The first kappa shape index (κ1) is 7.67. The van der Waals surface area contributed by atoms with Crippen LogP contribution in [0.1, 0.15) is 0 Å². The molecule has 0 atom stereocenters. The Kier molecular flexibility index (Phi) is 1.66. The van der Waals surface area contributed by atoms with E-state index in [9.17, 15) is 0 Å². The lowest BCUT2D eigenvalue weighted by Gasteiger charge is -2.04. The van der Waals surface area contributed by atoms with Gasteiger partial charge in [0.25, 0.3) is 0 Å². The molecule has 2 rings (SSSR count). The maximum Gasteiger partial charge on any atom is 0.0991 e. The molecule has 2 aromatic rings. The first-order valence-electron chi connectivity index (χ1n) is 3.91. The van der Waals surface area contributed by atoms with Crippen LogP contribution in [0.5, 0.6) is 0 Å². The second kappa shape index (κ2) is 2.82. The van der Waals surface area contributed by atoms with Crippen LogP contribution in [0.25, 0.3) is 5.69 Å². The molecule has 0 saturated heterocycles. The highest BCUT2D eigenvalue weighted by molar-refractivity contribution is 5.66. The van der Waals surface area contributed by atoms with Crippen LogP contribution in [-0.4, -0.2) is 9.55 Å². The third-order valence-corrected chi connectivity index (χ3v) is 1.87. The third-order valence-electron chi connectivity index (χ3n) is 1.87. The van der Waals surface area contributed by atoms with Crippen molar-refractivity contribution in [3.63, 3.8) is 0 Å².